The van der Waals surface area contributed by atoms with E-state index in [0.29, 0.717) is 17.3 Å². The van der Waals surface area contributed by atoms with Crippen molar-refractivity contribution in [3.05, 3.63) is 29.3 Å². The van der Waals surface area contributed by atoms with E-state index in [1.54, 1.807) is 31.2 Å². The van der Waals surface area contributed by atoms with Crippen LogP contribution in [0.15, 0.2) is 24.3 Å². The number of benzene rings is 1. The number of nitrogens with zero attached hydrogens (tertiary/aromatic N) is 2. The minimum atomic E-state index is -5.08. The standard InChI is InChI=1S/C21H27ClN4O5.C2HF3O2/c1-5-21(19(29)31-4)16-15(17(27)25(3)18(16)28)14(24-21)11-26(6-2)20(30)23-13-9-7-12(22)8-10-13;3-2(4,5)1(6)7/h7-10,14-16,24H,5-6,11H2,1-4H3,(H,23,30);(H,6,7)/t14-,15+,16-,21-;/m1./s1. The van der Waals surface area contributed by atoms with Crippen LogP contribution in [0.3, 0.4) is 0 Å². The number of nitrogens with one attached hydrogen (secondary N) is 2. The largest absolute Gasteiger partial charge is 0.490 e. The van der Waals surface area contributed by atoms with Gasteiger partial charge in [-0.25, -0.2) is 9.59 Å². The van der Waals surface area contributed by atoms with Crippen LogP contribution in [0.4, 0.5) is 23.7 Å². The minimum Gasteiger partial charge on any atom is -0.475 e. The molecular formula is C23H28ClF3N4O7. The summed E-state index contributed by atoms with van der Waals surface area (Å²) < 4.78 is 36.7. The molecule has 1 aromatic rings. The number of alkyl halides is 3. The number of esters is 1. The Bertz CT molecular complexity index is 1090. The molecule has 2 aliphatic rings. The third-order valence-corrected chi connectivity index (χ3v) is 6.76. The summed E-state index contributed by atoms with van der Waals surface area (Å²) in [7, 11) is 2.68. The normalized spacial score (nSPS) is 24.3. The molecule has 210 valence electrons. The third-order valence-electron chi connectivity index (χ3n) is 6.51. The van der Waals surface area contributed by atoms with E-state index in [1.165, 1.54) is 19.1 Å². The van der Waals surface area contributed by atoms with Gasteiger partial charge in [-0.05, 0) is 37.6 Å². The SMILES string of the molecule is CCN(C[C@H]1N[C@@](CC)(C(=O)OC)[C@H]2C(=O)N(C)C(=O)[C@@H]12)C(=O)Nc1ccc(Cl)cc1.O=C(O)C(F)(F)F. The predicted octanol–water partition coefficient (Wildman–Crippen LogP) is 2.35. The van der Waals surface area contributed by atoms with Crippen LogP contribution in [0.1, 0.15) is 20.3 Å². The van der Waals surface area contributed by atoms with Crippen LogP contribution in [0.2, 0.25) is 5.02 Å². The van der Waals surface area contributed by atoms with E-state index in [2.05, 4.69) is 10.6 Å². The lowest BCUT2D eigenvalue weighted by Gasteiger charge is -2.32. The third kappa shape index (κ3) is 6.18. The van der Waals surface area contributed by atoms with E-state index in [1.807, 2.05) is 6.92 Å². The summed E-state index contributed by atoms with van der Waals surface area (Å²) in [5.74, 6) is -5.74. The molecule has 2 fully saturated rings. The molecule has 0 aromatic heterocycles. The summed E-state index contributed by atoms with van der Waals surface area (Å²) in [5, 5.41) is 13.7. The van der Waals surface area contributed by atoms with Crippen molar-refractivity contribution in [3.63, 3.8) is 0 Å². The van der Waals surface area contributed by atoms with Crippen molar-refractivity contribution in [1.82, 2.24) is 15.1 Å². The maximum absolute atomic E-state index is 12.9. The number of imide groups is 1. The molecule has 0 spiro atoms. The van der Waals surface area contributed by atoms with Crippen molar-refractivity contribution in [3.8, 4) is 0 Å². The number of rotatable bonds is 6. The number of carbonyl (C=O) groups excluding carboxylic acids is 4. The van der Waals surface area contributed by atoms with Crippen LogP contribution < -0.4 is 10.6 Å². The van der Waals surface area contributed by atoms with E-state index >= 15 is 0 Å². The molecule has 3 rings (SSSR count). The Morgan fingerprint density at radius 3 is 2.18 bits per heavy atom. The highest BCUT2D eigenvalue weighted by Crippen LogP contribution is 2.44. The molecule has 3 N–H and O–H groups in total. The summed E-state index contributed by atoms with van der Waals surface area (Å²) in [6.45, 7) is 4.09. The molecular weight excluding hydrogens is 537 g/mol. The zero-order valence-corrected chi connectivity index (χ0v) is 21.7. The van der Waals surface area contributed by atoms with Crippen molar-refractivity contribution in [2.45, 2.75) is 38.0 Å². The molecule has 0 bridgehead atoms. The van der Waals surface area contributed by atoms with Gasteiger partial charge in [0.25, 0.3) is 0 Å². The molecule has 4 atom stereocenters. The lowest BCUT2D eigenvalue weighted by atomic mass is 9.78. The molecule has 0 unspecified atom stereocenters. The monoisotopic (exact) mass is 564 g/mol. The van der Waals surface area contributed by atoms with E-state index in [-0.39, 0.29) is 24.9 Å². The Kier molecular flexibility index (Phi) is 9.72. The minimum absolute atomic E-state index is 0.142. The number of carboxylic acids is 1. The van der Waals surface area contributed by atoms with E-state index in [0.717, 1.165) is 4.90 Å². The van der Waals surface area contributed by atoms with Gasteiger partial charge in [-0.1, -0.05) is 18.5 Å². The van der Waals surface area contributed by atoms with Gasteiger partial charge in [0.2, 0.25) is 11.8 Å². The Labute approximate surface area is 221 Å². The smallest absolute Gasteiger partial charge is 0.475 e. The molecule has 0 saturated carbocycles. The number of hydrogen-bond donors (Lipinski definition) is 3. The van der Waals surface area contributed by atoms with Gasteiger partial charge in [0, 0.05) is 36.9 Å². The molecule has 1 aromatic carbocycles. The summed E-state index contributed by atoms with van der Waals surface area (Å²) in [6, 6.07) is 5.76. The molecule has 11 nitrogen and oxygen atoms in total. The Balaban J connectivity index is 0.000000638. The number of methoxy groups -OCH3 is 1. The Morgan fingerprint density at radius 2 is 1.74 bits per heavy atom. The molecule has 2 heterocycles. The van der Waals surface area contributed by atoms with Gasteiger partial charge in [0.15, 0.2) is 0 Å². The number of carboxylic acid groups (broad SMARTS) is 1. The van der Waals surface area contributed by atoms with Crippen molar-refractivity contribution in [1.29, 1.82) is 0 Å². The van der Waals surface area contributed by atoms with Gasteiger partial charge >= 0.3 is 24.1 Å². The number of hydrogen-bond acceptors (Lipinski definition) is 7. The van der Waals surface area contributed by atoms with Crippen LogP contribution in [-0.2, 0) is 23.9 Å². The highest BCUT2D eigenvalue weighted by Gasteiger charge is 2.67. The number of ether oxygens (including phenoxy) is 1. The van der Waals surface area contributed by atoms with Crippen LogP contribution in [0.5, 0.6) is 0 Å². The van der Waals surface area contributed by atoms with Crippen molar-refractivity contribution in [2.24, 2.45) is 11.8 Å². The number of likely N-dealkylation sites (N-methyl/N-ethyl adjacent to an activating group) is 1. The second kappa shape index (κ2) is 12.0. The van der Waals surface area contributed by atoms with Crippen molar-refractivity contribution < 1.29 is 47.0 Å². The molecule has 4 amide bonds. The van der Waals surface area contributed by atoms with Crippen LogP contribution >= 0.6 is 11.6 Å². The van der Waals surface area contributed by atoms with Gasteiger partial charge in [-0.2, -0.15) is 13.2 Å². The molecule has 2 aliphatic heterocycles. The lowest BCUT2D eigenvalue weighted by Crippen LogP contribution is -2.58. The van der Waals surface area contributed by atoms with E-state index < -0.39 is 47.4 Å². The molecule has 0 radical (unpaired) electrons. The first-order valence-electron chi connectivity index (χ1n) is 11.4. The summed E-state index contributed by atoms with van der Waals surface area (Å²) in [6.07, 6.45) is -4.81. The Hall–Kier alpha value is -3.39. The van der Waals surface area contributed by atoms with Crippen LogP contribution in [-0.4, -0.2) is 89.7 Å². The average Bonchev–Trinajstić information content (AvgIpc) is 3.32. The van der Waals surface area contributed by atoms with Crippen LogP contribution in [0, 0.1) is 11.8 Å². The first-order valence-corrected chi connectivity index (χ1v) is 11.8. The van der Waals surface area contributed by atoms with Crippen LogP contribution in [0.25, 0.3) is 0 Å². The zero-order valence-electron chi connectivity index (χ0n) is 21.0. The fraction of sp³-hybridized carbons (Fsp3) is 0.522. The quantitative estimate of drug-likeness (QED) is 0.353. The summed E-state index contributed by atoms with van der Waals surface area (Å²) in [5.41, 5.74) is -0.734. The second-order valence-electron chi connectivity index (χ2n) is 8.58. The first kappa shape index (κ1) is 30.8. The maximum atomic E-state index is 12.9. The topological polar surface area (TPSA) is 145 Å². The second-order valence-corrected chi connectivity index (χ2v) is 9.02. The fourth-order valence-electron chi connectivity index (χ4n) is 4.59. The number of fused-ring (bicyclic) bond motifs is 1. The number of halogens is 4. The average molecular weight is 565 g/mol. The molecule has 2 saturated heterocycles. The highest BCUT2D eigenvalue weighted by molar-refractivity contribution is 6.30. The van der Waals surface area contributed by atoms with E-state index in [4.69, 9.17) is 26.2 Å². The van der Waals surface area contributed by atoms with Gasteiger partial charge in [0.1, 0.15) is 5.54 Å². The number of amides is 4. The van der Waals surface area contributed by atoms with Gasteiger partial charge < -0.3 is 20.1 Å². The maximum Gasteiger partial charge on any atom is 0.490 e. The molecule has 15 heteroatoms. The Morgan fingerprint density at radius 1 is 1.18 bits per heavy atom. The van der Waals surface area contributed by atoms with E-state index in [9.17, 15) is 32.3 Å². The summed E-state index contributed by atoms with van der Waals surface area (Å²) >= 11 is 5.89. The number of likely N-dealkylation sites (tertiary alicyclic amines) is 1. The van der Waals surface area contributed by atoms with Crippen molar-refractivity contribution >= 4 is 47.1 Å². The van der Waals surface area contributed by atoms with Crippen molar-refractivity contribution in [2.75, 3.05) is 32.6 Å². The van der Waals surface area contributed by atoms with Gasteiger partial charge in [-0.3, -0.25) is 24.6 Å². The van der Waals surface area contributed by atoms with Gasteiger partial charge in [0.05, 0.1) is 18.9 Å². The fourth-order valence-corrected chi connectivity index (χ4v) is 4.72. The highest BCUT2D eigenvalue weighted by atomic mass is 35.5. The zero-order chi connectivity index (χ0) is 29.0. The van der Waals surface area contributed by atoms with Gasteiger partial charge in [-0.15, -0.1) is 0 Å². The predicted molar refractivity (Wildman–Crippen MR) is 128 cm³/mol. The number of aliphatic carboxylic acids is 1. The number of carbonyl (C=O) groups is 5. The summed E-state index contributed by atoms with van der Waals surface area (Å²) in [4.78, 5) is 62.8. The molecule has 38 heavy (non-hydrogen) atoms. The first-order chi connectivity index (χ1) is 17.6. The lowest BCUT2D eigenvalue weighted by molar-refractivity contribution is -0.192. The number of urea groups is 1. The number of anilines is 1. The molecule has 0 aliphatic carbocycles.